The van der Waals surface area contributed by atoms with Gasteiger partial charge >= 0.3 is 0 Å². The number of carbonyl (C=O) groups excluding carboxylic acids is 1. The van der Waals surface area contributed by atoms with E-state index in [1.54, 1.807) is 6.07 Å². The first-order chi connectivity index (χ1) is 9.47. The van der Waals surface area contributed by atoms with Crippen molar-refractivity contribution >= 4 is 27.5 Å². The van der Waals surface area contributed by atoms with E-state index in [1.807, 2.05) is 0 Å². The lowest BCUT2D eigenvalue weighted by Gasteiger charge is -2.29. The van der Waals surface area contributed by atoms with Crippen LogP contribution in [0.5, 0.6) is 0 Å². The molecule has 0 spiro atoms. The van der Waals surface area contributed by atoms with Crippen LogP contribution < -0.4 is 5.32 Å². The van der Waals surface area contributed by atoms with Gasteiger partial charge in [0.1, 0.15) is 0 Å². The molecule has 0 atom stereocenters. The number of halogens is 1. The molecule has 1 aliphatic rings. The quantitative estimate of drug-likeness (QED) is 0.675. The third-order valence-corrected chi connectivity index (χ3v) is 4.13. The Balaban J connectivity index is 2.06. The molecule has 1 aromatic carbocycles. The van der Waals surface area contributed by atoms with E-state index >= 15 is 0 Å². The van der Waals surface area contributed by atoms with Gasteiger partial charge in [0, 0.05) is 17.7 Å². The first-order valence-electron chi connectivity index (χ1n) is 6.40. The van der Waals surface area contributed by atoms with Crippen LogP contribution in [0.2, 0.25) is 0 Å². The molecule has 0 saturated carbocycles. The highest BCUT2D eigenvalue weighted by atomic mass is 79.9. The van der Waals surface area contributed by atoms with Gasteiger partial charge in [0.15, 0.2) is 0 Å². The molecule has 0 aromatic heterocycles. The molecule has 6 nitrogen and oxygen atoms in total. The number of piperidine rings is 1. The zero-order valence-electron chi connectivity index (χ0n) is 11.1. The summed E-state index contributed by atoms with van der Waals surface area (Å²) in [7, 11) is 2.05. The molecule has 108 valence electrons. The van der Waals surface area contributed by atoms with Gasteiger partial charge in [-0.15, -0.1) is 0 Å². The van der Waals surface area contributed by atoms with Crippen molar-refractivity contribution in [3.05, 3.63) is 38.3 Å². The maximum atomic E-state index is 12.1. The van der Waals surface area contributed by atoms with Gasteiger partial charge in [-0.1, -0.05) is 0 Å². The summed E-state index contributed by atoms with van der Waals surface area (Å²) in [6.45, 7) is 1.90. The van der Waals surface area contributed by atoms with E-state index in [2.05, 4.69) is 33.2 Å². The molecule has 7 heteroatoms. The van der Waals surface area contributed by atoms with E-state index in [0.717, 1.165) is 25.9 Å². The van der Waals surface area contributed by atoms with Gasteiger partial charge in [-0.2, -0.15) is 0 Å². The molecule has 0 aliphatic carbocycles. The van der Waals surface area contributed by atoms with Crippen molar-refractivity contribution in [2.24, 2.45) is 0 Å². The molecule has 1 aromatic rings. The van der Waals surface area contributed by atoms with Crippen molar-refractivity contribution in [3.63, 3.8) is 0 Å². The first-order valence-corrected chi connectivity index (χ1v) is 7.20. The van der Waals surface area contributed by atoms with Crippen LogP contribution in [0.1, 0.15) is 23.2 Å². The Morgan fingerprint density at radius 1 is 1.45 bits per heavy atom. The maximum absolute atomic E-state index is 12.1. The number of nitrogens with one attached hydrogen (secondary N) is 1. The van der Waals surface area contributed by atoms with Crippen LogP contribution in [-0.2, 0) is 0 Å². The number of hydrogen-bond acceptors (Lipinski definition) is 4. The smallest absolute Gasteiger partial charge is 0.284 e. The summed E-state index contributed by atoms with van der Waals surface area (Å²) in [5, 5.41) is 13.8. The minimum Gasteiger partial charge on any atom is -0.349 e. The third kappa shape index (κ3) is 3.55. The van der Waals surface area contributed by atoms with Crippen LogP contribution in [0, 0.1) is 10.1 Å². The van der Waals surface area contributed by atoms with Gasteiger partial charge in [0.05, 0.1) is 9.40 Å². The molecule has 2 rings (SSSR count). The van der Waals surface area contributed by atoms with E-state index in [4.69, 9.17) is 0 Å². The number of likely N-dealkylation sites (tertiary alicyclic amines) is 1. The van der Waals surface area contributed by atoms with Crippen LogP contribution >= 0.6 is 15.9 Å². The van der Waals surface area contributed by atoms with Crippen LogP contribution in [0.25, 0.3) is 0 Å². The summed E-state index contributed by atoms with van der Waals surface area (Å²) in [5.41, 5.74) is 0.222. The second-order valence-electron chi connectivity index (χ2n) is 4.97. The Bertz CT molecular complexity index is 528. The largest absolute Gasteiger partial charge is 0.349 e. The number of nitro groups is 1. The molecule has 0 radical (unpaired) electrons. The second-order valence-corrected chi connectivity index (χ2v) is 5.83. The SMILES string of the molecule is CN1CCC(NC(=O)c2ccc(Br)c([N+](=O)[O-])c2)CC1. The van der Waals surface area contributed by atoms with Crippen molar-refractivity contribution in [3.8, 4) is 0 Å². The highest BCUT2D eigenvalue weighted by molar-refractivity contribution is 9.10. The van der Waals surface area contributed by atoms with Crippen LogP contribution in [0.15, 0.2) is 22.7 Å². The number of nitro benzene ring substituents is 1. The average molecular weight is 342 g/mol. The van der Waals surface area contributed by atoms with E-state index in [-0.39, 0.29) is 17.6 Å². The molecule has 20 heavy (non-hydrogen) atoms. The van der Waals surface area contributed by atoms with Crippen molar-refractivity contribution in [2.45, 2.75) is 18.9 Å². The minimum absolute atomic E-state index is 0.0963. The Morgan fingerprint density at radius 2 is 2.10 bits per heavy atom. The Kier molecular flexibility index (Phi) is 4.72. The molecule has 1 aliphatic heterocycles. The Hall–Kier alpha value is -1.47. The fourth-order valence-corrected chi connectivity index (χ4v) is 2.61. The molecule has 0 unspecified atom stereocenters. The molecule has 1 heterocycles. The van der Waals surface area contributed by atoms with Gasteiger partial charge in [-0.05, 0) is 61.0 Å². The molecule has 1 N–H and O–H groups in total. The van der Waals surface area contributed by atoms with Crippen molar-refractivity contribution in [1.82, 2.24) is 10.2 Å². The summed E-state index contributed by atoms with van der Waals surface area (Å²) >= 11 is 3.11. The summed E-state index contributed by atoms with van der Waals surface area (Å²) < 4.78 is 0.373. The average Bonchev–Trinajstić information content (AvgIpc) is 2.41. The molecule has 1 saturated heterocycles. The highest BCUT2D eigenvalue weighted by Gasteiger charge is 2.21. The van der Waals surface area contributed by atoms with E-state index in [0.29, 0.717) is 10.0 Å². The van der Waals surface area contributed by atoms with Gasteiger partial charge in [-0.3, -0.25) is 14.9 Å². The predicted molar refractivity (Wildman–Crippen MR) is 78.8 cm³/mol. The monoisotopic (exact) mass is 341 g/mol. The fraction of sp³-hybridized carbons (Fsp3) is 0.462. The molecule has 1 amide bonds. The lowest BCUT2D eigenvalue weighted by molar-refractivity contribution is -0.385. The van der Waals surface area contributed by atoms with Crippen LogP contribution in [0.3, 0.4) is 0 Å². The third-order valence-electron chi connectivity index (χ3n) is 3.46. The minimum atomic E-state index is -0.504. The van der Waals surface area contributed by atoms with E-state index < -0.39 is 4.92 Å². The van der Waals surface area contributed by atoms with Gasteiger partial charge in [0.25, 0.3) is 11.6 Å². The van der Waals surface area contributed by atoms with Crippen LogP contribution in [-0.4, -0.2) is 41.9 Å². The first kappa shape index (κ1) is 14.9. The summed E-state index contributed by atoms with van der Waals surface area (Å²) in [5.74, 6) is -0.254. The standard InChI is InChI=1S/C13H16BrN3O3/c1-16-6-4-10(5-7-16)15-13(18)9-2-3-11(14)12(8-9)17(19)20/h2-3,8,10H,4-7H2,1H3,(H,15,18). The van der Waals surface area contributed by atoms with E-state index in [9.17, 15) is 14.9 Å². The van der Waals surface area contributed by atoms with Gasteiger partial charge in [0.2, 0.25) is 0 Å². The zero-order valence-corrected chi connectivity index (χ0v) is 12.7. The molecular formula is C13H16BrN3O3. The second kappa shape index (κ2) is 6.32. The maximum Gasteiger partial charge on any atom is 0.284 e. The van der Waals surface area contributed by atoms with Crippen molar-refractivity contribution in [1.29, 1.82) is 0 Å². The molecular weight excluding hydrogens is 326 g/mol. The van der Waals surface area contributed by atoms with Gasteiger partial charge < -0.3 is 10.2 Å². The van der Waals surface area contributed by atoms with Crippen molar-refractivity contribution in [2.75, 3.05) is 20.1 Å². The summed E-state index contributed by atoms with van der Waals surface area (Å²) in [4.78, 5) is 24.7. The lowest BCUT2D eigenvalue weighted by atomic mass is 10.0. The Labute approximate surface area is 125 Å². The summed E-state index contributed by atoms with van der Waals surface area (Å²) in [6.07, 6.45) is 1.81. The normalized spacial score (nSPS) is 16.9. The number of nitrogens with zero attached hydrogens (tertiary/aromatic N) is 2. The highest BCUT2D eigenvalue weighted by Crippen LogP contribution is 2.25. The van der Waals surface area contributed by atoms with Gasteiger partial charge in [-0.25, -0.2) is 0 Å². The zero-order chi connectivity index (χ0) is 14.7. The molecule has 1 fully saturated rings. The van der Waals surface area contributed by atoms with Crippen molar-refractivity contribution < 1.29 is 9.72 Å². The summed E-state index contributed by atoms with van der Waals surface area (Å²) in [6, 6.07) is 4.55. The topological polar surface area (TPSA) is 75.5 Å². The number of benzene rings is 1. The lowest BCUT2D eigenvalue weighted by Crippen LogP contribution is -2.43. The number of carbonyl (C=O) groups is 1. The van der Waals surface area contributed by atoms with Crippen LogP contribution in [0.4, 0.5) is 5.69 Å². The molecule has 0 bridgehead atoms. The number of amides is 1. The van der Waals surface area contributed by atoms with E-state index in [1.165, 1.54) is 12.1 Å². The fourth-order valence-electron chi connectivity index (χ4n) is 2.22. The number of rotatable bonds is 3. The predicted octanol–water partition coefficient (Wildman–Crippen LogP) is 2.18. The Morgan fingerprint density at radius 3 is 2.70 bits per heavy atom. The number of hydrogen-bond donors (Lipinski definition) is 1.